The van der Waals surface area contributed by atoms with Crippen molar-refractivity contribution in [2.45, 2.75) is 70.6 Å². The summed E-state index contributed by atoms with van der Waals surface area (Å²) in [7, 11) is 0. The zero-order valence-corrected chi connectivity index (χ0v) is 13.6. The maximum absolute atomic E-state index is 12.6. The van der Waals surface area contributed by atoms with Crippen LogP contribution in [0, 0.1) is 11.3 Å². The van der Waals surface area contributed by atoms with Crippen LogP contribution in [0.5, 0.6) is 0 Å². The maximum atomic E-state index is 12.6. The van der Waals surface area contributed by atoms with Gasteiger partial charge < -0.3 is 14.2 Å². The van der Waals surface area contributed by atoms with E-state index in [9.17, 15) is 9.59 Å². The van der Waals surface area contributed by atoms with Crippen LogP contribution in [0.2, 0.25) is 0 Å². The van der Waals surface area contributed by atoms with Crippen LogP contribution in [-0.4, -0.2) is 41.3 Å². The lowest BCUT2D eigenvalue weighted by Gasteiger charge is -2.47. The number of hydrogen-bond acceptors (Lipinski definition) is 5. The number of ether oxygens (including phenoxy) is 3. The predicted octanol–water partition coefficient (Wildman–Crippen LogP) is 1.79. The Labute approximate surface area is 130 Å². The summed E-state index contributed by atoms with van der Waals surface area (Å²) in [6.07, 6.45) is 1.92. The van der Waals surface area contributed by atoms with Crippen LogP contribution >= 0.6 is 0 Å². The van der Waals surface area contributed by atoms with E-state index >= 15 is 0 Å². The number of rotatable bonds is 1. The normalized spacial score (nSPS) is 50.8. The fourth-order valence-corrected chi connectivity index (χ4v) is 4.60. The van der Waals surface area contributed by atoms with Crippen molar-refractivity contribution in [3.8, 4) is 0 Å². The second-order valence-corrected chi connectivity index (χ2v) is 7.88. The minimum Gasteiger partial charge on any atom is -0.459 e. The van der Waals surface area contributed by atoms with Crippen LogP contribution in [0.3, 0.4) is 0 Å². The molecule has 120 valence electrons. The second-order valence-electron chi connectivity index (χ2n) is 7.88. The topological polar surface area (TPSA) is 68.4 Å². The Balaban J connectivity index is 1.74. The molecular formula is C17H22O5. The molecule has 2 aliphatic carbocycles. The number of hydrogen-bond donors (Lipinski definition) is 0. The first-order chi connectivity index (χ1) is 10.1. The molecule has 0 N–H and O–H groups in total. The summed E-state index contributed by atoms with van der Waals surface area (Å²) in [4.78, 5) is 24.0. The quantitative estimate of drug-likeness (QED) is 0.546. The maximum Gasteiger partial charge on any atom is 0.303 e. The third-order valence-electron chi connectivity index (χ3n) is 6.28. The van der Waals surface area contributed by atoms with Crippen molar-refractivity contribution in [2.75, 3.05) is 0 Å². The number of fused-ring (bicyclic) bond motifs is 3. The van der Waals surface area contributed by atoms with E-state index in [0.717, 1.165) is 5.57 Å². The number of esters is 1. The van der Waals surface area contributed by atoms with Crippen molar-refractivity contribution in [3.63, 3.8) is 0 Å². The molecule has 5 heteroatoms. The molecule has 3 fully saturated rings. The smallest absolute Gasteiger partial charge is 0.303 e. The van der Waals surface area contributed by atoms with Gasteiger partial charge in [0.1, 0.15) is 23.9 Å². The molecule has 4 aliphatic rings. The van der Waals surface area contributed by atoms with E-state index in [-0.39, 0.29) is 41.4 Å². The Morgan fingerprint density at radius 1 is 1.36 bits per heavy atom. The lowest BCUT2D eigenvalue weighted by molar-refractivity contribution is -0.153. The molecule has 5 nitrogen and oxygen atoms in total. The highest BCUT2D eigenvalue weighted by Crippen LogP contribution is 2.65. The average molecular weight is 306 g/mol. The van der Waals surface area contributed by atoms with Gasteiger partial charge in [-0.15, -0.1) is 0 Å². The number of epoxide rings is 2. The highest BCUT2D eigenvalue weighted by atomic mass is 16.6. The van der Waals surface area contributed by atoms with E-state index in [1.54, 1.807) is 6.08 Å². The summed E-state index contributed by atoms with van der Waals surface area (Å²) >= 11 is 0. The van der Waals surface area contributed by atoms with Gasteiger partial charge in [0, 0.05) is 18.3 Å². The van der Waals surface area contributed by atoms with Gasteiger partial charge in [0.05, 0.1) is 0 Å². The Kier molecular flexibility index (Phi) is 2.50. The van der Waals surface area contributed by atoms with Crippen molar-refractivity contribution in [3.05, 3.63) is 11.6 Å². The first-order valence-electron chi connectivity index (χ1n) is 7.92. The Morgan fingerprint density at radius 2 is 2.00 bits per heavy atom. The summed E-state index contributed by atoms with van der Waals surface area (Å²) < 4.78 is 17.1. The van der Waals surface area contributed by atoms with Gasteiger partial charge in [-0.2, -0.15) is 0 Å². The SMILES string of the molecule is CC(=O)OC1C2OC2C2=CC(=O)C3(CC2(C)C1C)OC3(C)C. The molecule has 0 aromatic heterocycles. The lowest BCUT2D eigenvalue weighted by atomic mass is 9.56. The lowest BCUT2D eigenvalue weighted by Crippen LogP contribution is -2.53. The molecule has 4 rings (SSSR count). The summed E-state index contributed by atoms with van der Waals surface area (Å²) in [5.41, 5.74) is -0.343. The molecule has 0 radical (unpaired) electrons. The minimum absolute atomic E-state index is 0.0531. The molecule has 0 aromatic carbocycles. The molecule has 2 heterocycles. The van der Waals surface area contributed by atoms with Gasteiger partial charge >= 0.3 is 5.97 Å². The van der Waals surface area contributed by atoms with E-state index in [1.807, 2.05) is 13.8 Å². The van der Waals surface area contributed by atoms with Gasteiger partial charge in [-0.3, -0.25) is 9.59 Å². The summed E-state index contributed by atoms with van der Waals surface area (Å²) in [6.45, 7) is 9.57. The Bertz CT molecular complexity index is 621. The minimum atomic E-state index is -0.720. The molecule has 1 spiro atoms. The van der Waals surface area contributed by atoms with E-state index < -0.39 is 11.2 Å². The predicted molar refractivity (Wildman–Crippen MR) is 77.1 cm³/mol. The van der Waals surface area contributed by atoms with Crippen LogP contribution in [-0.2, 0) is 23.8 Å². The molecule has 0 amide bonds. The van der Waals surface area contributed by atoms with Gasteiger partial charge in [-0.25, -0.2) is 0 Å². The van der Waals surface area contributed by atoms with Crippen molar-refractivity contribution in [1.29, 1.82) is 0 Å². The molecule has 0 bridgehead atoms. The second kappa shape index (κ2) is 3.82. The van der Waals surface area contributed by atoms with Gasteiger partial charge in [-0.1, -0.05) is 13.8 Å². The fourth-order valence-electron chi connectivity index (χ4n) is 4.60. The Hall–Kier alpha value is -1.20. The Morgan fingerprint density at radius 3 is 2.55 bits per heavy atom. The van der Waals surface area contributed by atoms with Crippen molar-refractivity contribution in [1.82, 2.24) is 0 Å². The average Bonchev–Trinajstić information content (AvgIpc) is 3.26. The molecule has 0 aromatic rings. The monoisotopic (exact) mass is 306 g/mol. The largest absolute Gasteiger partial charge is 0.459 e. The third-order valence-corrected chi connectivity index (χ3v) is 6.28. The van der Waals surface area contributed by atoms with Crippen molar-refractivity contribution >= 4 is 11.8 Å². The fraction of sp³-hybridized carbons (Fsp3) is 0.765. The number of carbonyl (C=O) groups is 2. The van der Waals surface area contributed by atoms with Crippen LogP contribution in [0.1, 0.15) is 41.0 Å². The number of carbonyl (C=O) groups excluding carboxylic acids is 2. The molecule has 6 atom stereocenters. The summed E-state index contributed by atoms with van der Waals surface area (Å²) in [5.74, 6) is -0.152. The van der Waals surface area contributed by atoms with Crippen LogP contribution < -0.4 is 0 Å². The van der Waals surface area contributed by atoms with Crippen LogP contribution in [0.15, 0.2) is 11.6 Å². The molecular weight excluding hydrogens is 284 g/mol. The summed E-state index contributed by atoms with van der Waals surface area (Å²) in [5, 5.41) is 0. The standard InChI is InChI=1S/C17H22O5/c1-8-12(20-9(2)18)14-13(21-14)10-6-11(19)17(7-16(8,10)5)15(3,4)22-17/h6,8,12-14H,7H2,1-5H3. The highest BCUT2D eigenvalue weighted by molar-refractivity contribution is 6.02. The molecule has 22 heavy (non-hydrogen) atoms. The first kappa shape index (κ1) is 14.4. The number of ketones is 1. The van der Waals surface area contributed by atoms with Crippen molar-refractivity contribution < 1.29 is 23.8 Å². The van der Waals surface area contributed by atoms with Crippen molar-refractivity contribution in [2.24, 2.45) is 11.3 Å². The first-order valence-corrected chi connectivity index (χ1v) is 7.92. The molecule has 2 aliphatic heterocycles. The zero-order valence-electron chi connectivity index (χ0n) is 13.6. The zero-order chi connectivity index (χ0) is 16.1. The van der Waals surface area contributed by atoms with Gasteiger partial charge in [0.2, 0.25) is 0 Å². The highest BCUT2D eigenvalue weighted by Gasteiger charge is 2.75. The van der Waals surface area contributed by atoms with Gasteiger partial charge in [0.15, 0.2) is 11.4 Å². The molecule has 6 unspecified atom stereocenters. The van der Waals surface area contributed by atoms with Gasteiger partial charge in [0.25, 0.3) is 0 Å². The van der Waals surface area contributed by atoms with Crippen LogP contribution in [0.25, 0.3) is 0 Å². The van der Waals surface area contributed by atoms with E-state index in [4.69, 9.17) is 14.2 Å². The third kappa shape index (κ3) is 1.56. The van der Waals surface area contributed by atoms with E-state index in [1.165, 1.54) is 6.92 Å². The molecule has 1 saturated carbocycles. The van der Waals surface area contributed by atoms with Crippen LogP contribution in [0.4, 0.5) is 0 Å². The summed E-state index contributed by atoms with van der Waals surface area (Å²) in [6, 6.07) is 0. The van der Waals surface area contributed by atoms with Gasteiger partial charge in [-0.05, 0) is 31.9 Å². The van der Waals surface area contributed by atoms with E-state index in [2.05, 4.69) is 13.8 Å². The molecule has 2 saturated heterocycles. The van der Waals surface area contributed by atoms with E-state index in [0.29, 0.717) is 6.42 Å².